The van der Waals surface area contributed by atoms with Crippen LogP contribution in [0.25, 0.3) is 5.82 Å². The van der Waals surface area contributed by atoms with Gasteiger partial charge < -0.3 is 10.2 Å². The molecular weight excluding hydrogens is 316 g/mol. The standard InChI is InChI=1S/C18H20N6O/c1-14(23(2)15-7-4-3-5-8-15)11-19-18(25)16-9-6-10-17(22-16)24-12-20-21-13-24/h3-10,12-14H,11H2,1-2H3,(H,19,25)/t14-/m0/s1. The van der Waals surface area contributed by atoms with Gasteiger partial charge in [0.2, 0.25) is 0 Å². The first kappa shape index (κ1) is 16.6. The highest BCUT2D eigenvalue weighted by Gasteiger charge is 2.13. The second-order valence-electron chi connectivity index (χ2n) is 5.76. The number of pyridine rings is 1. The first-order valence-electron chi connectivity index (χ1n) is 8.03. The zero-order valence-corrected chi connectivity index (χ0v) is 14.2. The third kappa shape index (κ3) is 4.00. The van der Waals surface area contributed by atoms with Crippen molar-refractivity contribution >= 4 is 11.6 Å². The first-order valence-corrected chi connectivity index (χ1v) is 8.03. The molecule has 0 bridgehead atoms. The van der Waals surface area contributed by atoms with Crippen LogP contribution in [0.2, 0.25) is 0 Å². The van der Waals surface area contributed by atoms with Crippen molar-refractivity contribution in [1.29, 1.82) is 0 Å². The van der Waals surface area contributed by atoms with Gasteiger partial charge in [-0.1, -0.05) is 24.3 Å². The second kappa shape index (κ2) is 7.57. The average Bonchev–Trinajstić information content (AvgIpc) is 3.21. The lowest BCUT2D eigenvalue weighted by atomic mass is 10.2. The number of amides is 1. The number of aromatic nitrogens is 4. The van der Waals surface area contributed by atoms with Gasteiger partial charge in [-0.3, -0.25) is 9.36 Å². The summed E-state index contributed by atoms with van der Waals surface area (Å²) in [6.45, 7) is 2.58. The summed E-state index contributed by atoms with van der Waals surface area (Å²) in [7, 11) is 2.01. The fourth-order valence-electron chi connectivity index (χ4n) is 2.40. The van der Waals surface area contributed by atoms with E-state index in [9.17, 15) is 4.79 Å². The first-order chi connectivity index (χ1) is 12.1. The molecule has 128 valence electrons. The van der Waals surface area contributed by atoms with Crippen LogP contribution in [0.15, 0.2) is 61.2 Å². The minimum Gasteiger partial charge on any atom is -0.370 e. The largest absolute Gasteiger partial charge is 0.370 e. The van der Waals surface area contributed by atoms with Gasteiger partial charge in [0, 0.05) is 25.3 Å². The number of para-hydroxylation sites is 1. The third-order valence-corrected chi connectivity index (χ3v) is 4.03. The highest BCUT2D eigenvalue weighted by atomic mass is 16.1. The highest BCUT2D eigenvalue weighted by molar-refractivity contribution is 5.92. The molecule has 0 fully saturated rings. The maximum absolute atomic E-state index is 12.4. The maximum atomic E-state index is 12.4. The Balaban J connectivity index is 1.62. The predicted molar refractivity (Wildman–Crippen MR) is 95.8 cm³/mol. The van der Waals surface area contributed by atoms with Gasteiger partial charge in [-0.2, -0.15) is 0 Å². The molecule has 1 aromatic carbocycles. The molecule has 2 heterocycles. The van der Waals surface area contributed by atoms with E-state index in [1.54, 1.807) is 35.4 Å². The van der Waals surface area contributed by atoms with Crippen molar-refractivity contribution in [2.75, 3.05) is 18.5 Å². The van der Waals surface area contributed by atoms with Crippen molar-refractivity contribution < 1.29 is 4.79 Å². The highest BCUT2D eigenvalue weighted by Crippen LogP contribution is 2.13. The molecule has 25 heavy (non-hydrogen) atoms. The Kier molecular flexibility index (Phi) is 5.03. The number of anilines is 1. The molecule has 1 atom stereocenters. The van der Waals surface area contributed by atoms with Gasteiger partial charge >= 0.3 is 0 Å². The lowest BCUT2D eigenvalue weighted by molar-refractivity contribution is 0.0946. The van der Waals surface area contributed by atoms with Gasteiger partial charge in [0.05, 0.1) is 0 Å². The zero-order valence-electron chi connectivity index (χ0n) is 14.2. The Hall–Kier alpha value is -3.22. The molecule has 0 aliphatic heterocycles. The van der Waals surface area contributed by atoms with Crippen LogP contribution < -0.4 is 10.2 Å². The second-order valence-corrected chi connectivity index (χ2v) is 5.76. The molecule has 0 aliphatic rings. The molecule has 1 N–H and O–H groups in total. The van der Waals surface area contributed by atoms with Crippen molar-refractivity contribution in [3.63, 3.8) is 0 Å². The molecule has 7 heteroatoms. The van der Waals surface area contributed by atoms with Crippen molar-refractivity contribution in [3.8, 4) is 5.82 Å². The number of nitrogens with zero attached hydrogens (tertiary/aromatic N) is 5. The lowest BCUT2D eigenvalue weighted by Gasteiger charge is -2.27. The Morgan fingerprint density at radius 3 is 2.56 bits per heavy atom. The topological polar surface area (TPSA) is 75.9 Å². The van der Waals surface area contributed by atoms with E-state index in [-0.39, 0.29) is 11.9 Å². The Morgan fingerprint density at radius 2 is 1.84 bits per heavy atom. The summed E-state index contributed by atoms with van der Waals surface area (Å²) in [5.74, 6) is 0.398. The van der Waals surface area contributed by atoms with Gasteiger partial charge in [0.25, 0.3) is 5.91 Å². The fourth-order valence-corrected chi connectivity index (χ4v) is 2.40. The maximum Gasteiger partial charge on any atom is 0.270 e. The Bertz CT molecular complexity index is 819. The molecule has 0 unspecified atom stereocenters. The number of carbonyl (C=O) groups excluding carboxylic acids is 1. The number of hydrogen-bond acceptors (Lipinski definition) is 5. The van der Waals surface area contributed by atoms with Crippen LogP contribution in [0.3, 0.4) is 0 Å². The van der Waals surface area contributed by atoms with Gasteiger partial charge in [-0.15, -0.1) is 10.2 Å². The van der Waals surface area contributed by atoms with Crippen LogP contribution in [0.1, 0.15) is 17.4 Å². The van der Waals surface area contributed by atoms with Gasteiger partial charge in [0.15, 0.2) is 0 Å². The summed E-state index contributed by atoms with van der Waals surface area (Å²) in [5.41, 5.74) is 1.47. The smallest absolute Gasteiger partial charge is 0.270 e. The predicted octanol–water partition coefficient (Wildman–Crippen LogP) is 1.92. The summed E-state index contributed by atoms with van der Waals surface area (Å²) in [6, 6.07) is 15.5. The summed E-state index contributed by atoms with van der Waals surface area (Å²) in [4.78, 5) is 18.9. The van der Waals surface area contributed by atoms with E-state index in [1.165, 1.54) is 0 Å². The Labute approximate surface area is 146 Å². The van der Waals surface area contributed by atoms with Crippen LogP contribution in [-0.4, -0.2) is 45.3 Å². The molecule has 7 nitrogen and oxygen atoms in total. The Morgan fingerprint density at radius 1 is 1.12 bits per heavy atom. The van der Waals surface area contributed by atoms with Crippen molar-refractivity contribution in [2.45, 2.75) is 13.0 Å². The number of carbonyl (C=O) groups is 1. The molecule has 0 aliphatic carbocycles. The van der Waals surface area contributed by atoms with E-state index in [4.69, 9.17) is 0 Å². The summed E-state index contributed by atoms with van der Waals surface area (Å²) in [6.07, 6.45) is 3.09. The lowest BCUT2D eigenvalue weighted by Crippen LogP contribution is -2.40. The van der Waals surface area contributed by atoms with Crippen LogP contribution >= 0.6 is 0 Å². The molecule has 3 rings (SSSR count). The minimum atomic E-state index is -0.205. The summed E-state index contributed by atoms with van der Waals surface area (Å²) < 4.78 is 1.66. The van der Waals surface area contributed by atoms with Crippen LogP contribution in [-0.2, 0) is 0 Å². The monoisotopic (exact) mass is 336 g/mol. The van der Waals surface area contributed by atoms with E-state index in [0.29, 0.717) is 18.1 Å². The zero-order chi connectivity index (χ0) is 17.6. The minimum absolute atomic E-state index is 0.146. The molecule has 2 aromatic heterocycles. The van der Waals surface area contributed by atoms with Gasteiger partial charge in [-0.05, 0) is 31.2 Å². The number of likely N-dealkylation sites (N-methyl/N-ethyl adjacent to an activating group) is 1. The van der Waals surface area contributed by atoms with Crippen molar-refractivity contribution in [2.24, 2.45) is 0 Å². The summed E-state index contributed by atoms with van der Waals surface area (Å²) >= 11 is 0. The number of benzene rings is 1. The molecule has 0 spiro atoms. The van der Waals surface area contributed by atoms with Gasteiger partial charge in [-0.25, -0.2) is 4.98 Å². The normalized spacial score (nSPS) is 11.8. The van der Waals surface area contributed by atoms with E-state index in [1.807, 2.05) is 37.4 Å². The SMILES string of the molecule is C[C@@H](CNC(=O)c1cccc(-n2cnnc2)n1)N(C)c1ccccc1. The van der Waals surface area contributed by atoms with E-state index < -0.39 is 0 Å². The molecular formula is C18H20N6O. The van der Waals surface area contributed by atoms with Crippen LogP contribution in [0.5, 0.6) is 0 Å². The fraction of sp³-hybridized carbons (Fsp3) is 0.222. The van der Waals surface area contributed by atoms with Gasteiger partial charge in [0.1, 0.15) is 24.2 Å². The number of rotatable bonds is 6. The average molecular weight is 336 g/mol. The number of nitrogens with one attached hydrogen (secondary N) is 1. The molecule has 0 saturated heterocycles. The van der Waals surface area contributed by atoms with E-state index >= 15 is 0 Å². The van der Waals surface area contributed by atoms with Crippen LogP contribution in [0, 0.1) is 0 Å². The van der Waals surface area contributed by atoms with Crippen LogP contribution in [0.4, 0.5) is 5.69 Å². The quantitative estimate of drug-likeness (QED) is 0.744. The summed E-state index contributed by atoms with van der Waals surface area (Å²) in [5, 5.41) is 10.4. The van der Waals surface area contributed by atoms with E-state index in [0.717, 1.165) is 5.69 Å². The van der Waals surface area contributed by atoms with Crippen molar-refractivity contribution in [3.05, 3.63) is 66.9 Å². The number of hydrogen-bond donors (Lipinski definition) is 1. The molecule has 0 radical (unpaired) electrons. The van der Waals surface area contributed by atoms with Crippen molar-refractivity contribution in [1.82, 2.24) is 25.1 Å². The molecule has 3 aromatic rings. The third-order valence-electron chi connectivity index (χ3n) is 4.03. The molecule has 0 saturated carbocycles. The molecule has 1 amide bonds. The van der Waals surface area contributed by atoms with E-state index in [2.05, 4.69) is 32.3 Å².